The molecule has 0 atom stereocenters. The molecule has 206 valence electrons. The Morgan fingerprint density at radius 1 is 0.488 bits per heavy atom. The van der Waals surface area contributed by atoms with Crippen LogP contribution in [0.2, 0.25) is 0 Å². The Hall–Kier alpha value is -5.01. The normalized spacial score (nSPS) is 12.2. The van der Waals surface area contributed by atoms with Crippen molar-refractivity contribution in [3.63, 3.8) is 0 Å². The van der Waals surface area contributed by atoms with E-state index in [1.54, 1.807) is 0 Å². The Bertz CT molecular complexity index is 2280. The molecule has 1 aromatic heterocycles. The maximum absolute atomic E-state index is 4.99. The summed E-state index contributed by atoms with van der Waals surface area (Å²) in [7, 11) is 0. The minimum Gasteiger partial charge on any atom is -0.248 e. The van der Waals surface area contributed by atoms with Crippen LogP contribution in [0.5, 0.6) is 0 Å². The van der Waals surface area contributed by atoms with Crippen molar-refractivity contribution in [1.29, 1.82) is 0 Å². The third kappa shape index (κ3) is 4.19. The third-order valence-corrected chi connectivity index (χ3v) is 9.08. The highest BCUT2D eigenvalue weighted by molar-refractivity contribution is 6.28. The molecule has 0 unspecified atom stereocenters. The maximum atomic E-state index is 4.99. The van der Waals surface area contributed by atoms with Crippen molar-refractivity contribution in [2.75, 3.05) is 0 Å². The van der Waals surface area contributed by atoms with Gasteiger partial charge in [-0.3, -0.25) is 0 Å². The van der Waals surface area contributed by atoms with Crippen LogP contribution in [0.1, 0.15) is 31.9 Å². The number of aromatic nitrogens is 1. The molecule has 1 heteroatoms. The molecular weight excluding hydrogens is 518 g/mol. The van der Waals surface area contributed by atoms with E-state index in [-0.39, 0.29) is 5.41 Å². The summed E-state index contributed by atoms with van der Waals surface area (Å²) in [6.45, 7) is 9.06. The zero-order valence-corrected chi connectivity index (χ0v) is 25.1. The molecular formula is C42H33N. The number of hydrogen-bond acceptors (Lipinski definition) is 1. The number of benzene rings is 7. The van der Waals surface area contributed by atoms with Crippen LogP contribution in [0, 0.1) is 6.92 Å². The molecule has 1 nitrogen and oxygen atoms in total. The number of para-hydroxylation sites is 1. The van der Waals surface area contributed by atoms with E-state index in [2.05, 4.69) is 155 Å². The topological polar surface area (TPSA) is 12.9 Å². The quantitative estimate of drug-likeness (QED) is 0.199. The lowest BCUT2D eigenvalue weighted by Gasteiger charge is -2.23. The van der Waals surface area contributed by atoms with Gasteiger partial charge >= 0.3 is 0 Å². The minimum absolute atomic E-state index is 0.0883. The lowest BCUT2D eigenvalue weighted by Crippen LogP contribution is -2.10. The van der Waals surface area contributed by atoms with E-state index < -0.39 is 0 Å². The van der Waals surface area contributed by atoms with Gasteiger partial charge in [0, 0.05) is 10.9 Å². The van der Waals surface area contributed by atoms with Crippen LogP contribution in [0.4, 0.5) is 0 Å². The van der Waals surface area contributed by atoms with E-state index in [9.17, 15) is 0 Å². The Labute approximate surface area is 252 Å². The molecule has 0 saturated heterocycles. The van der Waals surface area contributed by atoms with Gasteiger partial charge in [-0.25, -0.2) is 4.98 Å². The van der Waals surface area contributed by atoms with Crippen LogP contribution in [0.25, 0.3) is 76.7 Å². The summed E-state index contributed by atoms with van der Waals surface area (Å²) >= 11 is 0. The average molecular weight is 552 g/mol. The van der Waals surface area contributed by atoms with Crippen LogP contribution < -0.4 is 0 Å². The van der Waals surface area contributed by atoms with E-state index >= 15 is 0 Å². The lowest BCUT2D eigenvalue weighted by atomic mass is 9.81. The standard InChI is InChI=1S/C42H33N/c1-26-22-39(43-38-13-9-8-12-33(26)38)29-16-14-28(15-17-29)37-25-36(27-10-6-5-7-11-27)34-20-18-30-23-32(42(2,3)4)24-31-19-21-35(37)41(34)40(30)31/h5-25H,1-4H3. The first-order valence-electron chi connectivity index (χ1n) is 15.1. The van der Waals surface area contributed by atoms with Crippen molar-refractivity contribution in [3.8, 4) is 33.5 Å². The summed E-state index contributed by atoms with van der Waals surface area (Å²) in [5.41, 5.74) is 10.9. The molecule has 0 aliphatic heterocycles. The van der Waals surface area contributed by atoms with Crippen LogP contribution in [-0.4, -0.2) is 4.98 Å². The molecule has 0 N–H and O–H groups in total. The summed E-state index contributed by atoms with van der Waals surface area (Å²) in [6, 6.07) is 46.9. The summed E-state index contributed by atoms with van der Waals surface area (Å²) in [5, 5.41) is 9.13. The largest absolute Gasteiger partial charge is 0.248 e. The number of rotatable bonds is 3. The van der Waals surface area contributed by atoms with Gasteiger partial charge in [0.05, 0.1) is 11.2 Å². The van der Waals surface area contributed by atoms with Gasteiger partial charge in [-0.05, 0) is 96.2 Å². The van der Waals surface area contributed by atoms with Crippen molar-refractivity contribution in [2.45, 2.75) is 33.1 Å². The van der Waals surface area contributed by atoms with Gasteiger partial charge in [-0.2, -0.15) is 0 Å². The van der Waals surface area contributed by atoms with Gasteiger partial charge in [0.1, 0.15) is 0 Å². The summed E-state index contributed by atoms with van der Waals surface area (Å²) in [5.74, 6) is 0. The number of hydrogen-bond donors (Lipinski definition) is 0. The number of fused-ring (bicyclic) bond motifs is 1. The zero-order valence-electron chi connectivity index (χ0n) is 25.1. The Balaban J connectivity index is 1.36. The van der Waals surface area contributed by atoms with Gasteiger partial charge < -0.3 is 0 Å². The van der Waals surface area contributed by atoms with Gasteiger partial charge in [0.25, 0.3) is 0 Å². The average Bonchev–Trinajstić information content (AvgIpc) is 3.03. The maximum Gasteiger partial charge on any atom is 0.0712 e. The first kappa shape index (κ1) is 25.7. The fourth-order valence-electron chi connectivity index (χ4n) is 6.76. The predicted octanol–water partition coefficient (Wildman–Crippen LogP) is 11.7. The van der Waals surface area contributed by atoms with Crippen molar-refractivity contribution < 1.29 is 0 Å². The predicted molar refractivity (Wildman–Crippen MR) is 185 cm³/mol. The highest BCUT2D eigenvalue weighted by atomic mass is 14.7. The summed E-state index contributed by atoms with van der Waals surface area (Å²) < 4.78 is 0. The number of aryl methyl sites for hydroxylation is 1. The van der Waals surface area contributed by atoms with Crippen molar-refractivity contribution in [1.82, 2.24) is 4.98 Å². The van der Waals surface area contributed by atoms with Crippen LogP contribution >= 0.6 is 0 Å². The molecule has 0 fully saturated rings. The first-order chi connectivity index (χ1) is 20.8. The van der Waals surface area contributed by atoms with Gasteiger partial charge in [-0.15, -0.1) is 0 Å². The Morgan fingerprint density at radius 3 is 1.72 bits per heavy atom. The van der Waals surface area contributed by atoms with E-state index in [4.69, 9.17) is 4.98 Å². The fraction of sp³-hybridized carbons (Fsp3) is 0.119. The smallest absolute Gasteiger partial charge is 0.0712 e. The van der Waals surface area contributed by atoms with Crippen molar-refractivity contribution in [2.24, 2.45) is 0 Å². The molecule has 0 aliphatic carbocycles. The molecule has 7 aromatic carbocycles. The molecule has 8 rings (SSSR count). The van der Waals surface area contributed by atoms with Crippen LogP contribution in [-0.2, 0) is 5.41 Å². The second-order valence-electron chi connectivity index (χ2n) is 12.9. The number of pyridine rings is 1. The van der Waals surface area contributed by atoms with Crippen molar-refractivity contribution in [3.05, 3.63) is 139 Å². The van der Waals surface area contributed by atoms with E-state index in [0.29, 0.717) is 0 Å². The van der Waals surface area contributed by atoms with Crippen LogP contribution in [0.15, 0.2) is 127 Å². The second-order valence-corrected chi connectivity index (χ2v) is 12.9. The van der Waals surface area contributed by atoms with E-state index in [0.717, 1.165) is 16.8 Å². The molecule has 43 heavy (non-hydrogen) atoms. The molecule has 0 spiro atoms. The van der Waals surface area contributed by atoms with E-state index in [1.165, 1.54) is 71.1 Å². The summed E-state index contributed by atoms with van der Waals surface area (Å²) in [4.78, 5) is 4.99. The monoisotopic (exact) mass is 551 g/mol. The third-order valence-electron chi connectivity index (χ3n) is 9.08. The Kier molecular flexibility index (Phi) is 5.68. The SMILES string of the molecule is Cc1cc(-c2ccc(-c3cc(-c4ccccc4)c4ccc5cc(C(C)(C)C)cc6ccc3c4c56)cc2)nc2ccccc12. The Morgan fingerprint density at radius 2 is 1.07 bits per heavy atom. The van der Waals surface area contributed by atoms with E-state index in [1.807, 2.05) is 0 Å². The molecule has 0 saturated carbocycles. The highest BCUT2D eigenvalue weighted by Crippen LogP contribution is 2.45. The first-order valence-corrected chi connectivity index (χ1v) is 15.1. The molecule has 1 heterocycles. The molecule has 8 aromatic rings. The fourth-order valence-corrected chi connectivity index (χ4v) is 6.76. The molecule has 0 aliphatic rings. The number of nitrogens with zero attached hydrogens (tertiary/aromatic N) is 1. The van der Waals surface area contributed by atoms with Crippen LogP contribution in [0.3, 0.4) is 0 Å². The lowest BCUT2D eigenvalue weighted by molar-refractivity contribution is 0.591. The summed E-state index contributed by atoms with van der Waals surface area (Å²) in [6.07, 6.45) is 0. The molecule has 0 radical (unpaired) electrons. The van der Waals surface area contributed by atoms with Gasteiger partial charge in [-0.1, -0.05) is 130 Å². The zero-order chi connectivity index (χ0) is 29.3. The van der Waals surface area contributed by atoms with Gasteiger partial charge in [0.2, 0.25) is 0 Å². The molecule has 0 bridgehead atoms. The highest BCUT2D eigenvalue weighted by Gasteiger charge is 2.20. The minimum atomic E-state index is 0.0883. The second kappa shape index (κ2) is 9.51. The van der Waals surface area contributed by atoms with Crippen molar-refractivity contribution >= 4 is 43.2 Å². The van der Waals surface area contributed by atoms with Gasteiger partial charge in [0.15, 0.2) is 0 Å². The molecule has 0 amide bonds.